The molecule has 26 heavy (non-hydrogen) atoms. The van der Waals surface area contributed by atoms with Gasteiger partial charge >= 0.3 is 0 Å². The first-order valence-electron chi connectivity index (χ1n) is 9.99. The second-order valence-electron chi connectivity index (χ2n) is 10.4. The van der Waals surface area contributed by atoms with Crippen molar-refractivity contribution < 1.29 is 0 Å². The van der Waals surface area contributed by atoms with E-state index in [-0.39, 0.29) is 16.2 Å². The van der Waals surface area contributed by atoms with Crippen LogP contribution < -0.4 is 0 Å². The standard InChI is InChI=1S/C24H38N2/c1-17(2)21-25-16-20(26-21)24(8,9)14-13-23(6,7)19-12-10-11-18(15-19)22(3,4)5/h10-12,15-17H,13-14H2,1-9H3,(H,25,26). The maximum Gasteiger partial charge on any atom is 0.108 e. The third-order valence-electron chi connectivity index (χ3n) is 5.76. The van der Waals surface area contributed by atoms with Crippen LogP contribution in [0.1, 0.15) is 104 Å². The zero-order valence-corrected chi connectivity index (χ0v) is 18.3. The Labute approximate surface area is 160 Å². The van der Waals surface area contributed by atoms with E-state index in [1.807, 2.05) is 6.20 Å². The van der Waals surface area contributed by atoms with Crippen LogP contribution in [0, 0.1) is 0 Å². The molecule has 144 valence electrons. The first-order chi connectivity index (χ1) is 11.8. The summed E-state index contributed by atoms with van der Waals surface area (Å²) < 4.78 is 0. The fourth-order valence-corrected chi connectivity index (χ4v) is 3.28. The summed E-state index contributed by atoms with van der Waals surface area (Å²) in [7, 11) is 0. The number of rotatable bonds is 6. The minimum atomic E-state index is 0.0963. The van der Waals surface area contributed by atoms with Crippen LogP contribution in [0.15, 0.2) is 30.5 Å². The lowest BCUT2D eigenvalue weighted by molar-refractivity contribution is 0.369. The highest BCUT2D eigenvalue weighted by molar-refractivity contribution is 5.33. The zero-order valence-electron chi connectivity index (χ0n) is 18.3. The molecule has 0 fully saturated rings. The van der Waals surface area contributed by atoms with Gasteiger partial charge in [-0.2, -0.15) is 0 Å². The molecule has 2 heteroatoms. The number of hydrogen-bond acceptors (Lipinski definition) is 1. The Bertz CT molecular complexity index is 727. The molecule has 0 bridgehead atoms. The molecule has 1 heterocycles. The van der Waals surface area contributed by atoms with Gasteiger partial charge in [-0.05, 0) is 34.8 Å². The van der Waals surface area contributed by atoms with Crippen molar-refractivity contribution in [2.75, 3.05) is 0 Å². The Balaban J connectivity index is 2.16. The van der Waals surface area contributed by atoms with Crippen molar-refractivity contribution in [3.05, 3.63) is 53.1 Å². The second-order valence-corrected chi connectivity index (χ2v) is 10.4. The quantitative estimate of drug-likeness (QED) is 0.602. The summed E-state index contributed by atoms with van der Waals surface area (Å²) in [6.07, 6.45) is 4.30. The molecule has 1 aromatic heterocycles. The largest absolute Gasteiger partial charge is 0.345 e. The average molecular weight is 355 g/mol. The van der Waals surface area contributed by atoms with Crippen LogP contribution in [0.25, 0.3) is 0 Å². The van der Waals surface area contributed by atoms with E-state index in [0.29, 0.717) is 5.92 Å². The minimum Gasteiger partial charge on any atom is -0.345 e. The maximum absolute atomic E-state index is 4.57. The maximum atomic E-state index is 4.57. The third kappa shape index (κ3) is 4.78. The molecule has 0 atom stereocenters. The number of aromatic nitrogens is 2. The van der Waals surface area contributed by atoms with E-state index < -0.39 is 0 Å². The normalized spacial score (nSPS) is 13.5. The lowest BCUT2D eigenvalue weighted by atomic mass is 9.73. The lowest BCUT2D eigenvalue weighted by Gasteiger charge is -2.32. The summed E-state index contributed by atoms with van der Waals surface area (Å²) in [5, 5.41) is 0. The van der Waals surface area contributed by atoms with Crippen molar-refractivity contribution in [1.29, 1.82) is 0 Å². The first-order valence-corrected chi connectivity index (χ1v) is 9.99. The van der Waals surface area contributed by atoms with E-state index in [1.165, 1.54) is 16.8 Å². The van der Waals surface area contributed by atoms with E-state index in [2.05, 4.69) is 96.5 Å². The van der Waals surface area contributed by atoms with Crippen LogP contribution in [0.3, 0.4) is 0 Å². The molecule has 0 unspecified atom stereocenters. The molecule has 2 rings (SSSR count). The predicted octanol–water partition coefficient (Wildman–Crippen LogP) is 6.87. The van der Waals surface area contributed by atoms with Crippen molar-refractivity contribution in [2.24, 2.45) is 0 Å². The van der Waals surface area contributed by atoms with Crippen molar-refractivity contribution in [1.82, 2.24) is 9.97 Å². The average Bonchev–Trinajstić information content (AvgIpc) is 3.04. The van der Waals surface area contributed by atoms with Gasteiger partial charge in [-0.1, -0.05) is 86.6 Å². The number of aromatic amines is 1. The summed E-state index contributed by atoms with van der Waals surface area (Å²) >= 11 is 0. The Morgan fingerprint density at radius 3 is 2.00 bits per heavy atom. The molecule has 0 aliphatic heterocycles. The van der Waals surface area contributed by atoms with Crippen LogP contribution in [0.5, 0.6) is 0 Å². The van der Waals surface area contributed by atoms with Gasteiger partial charge in [0.25, 0.3) is 0 Å². The second kappa shape index (κ2) is 7.21. The van der Waals surface area contributed by atoms with Crippen molar-refractivity contribution in [3.63, 3.8) is 0 Å². The van der Waals surface area contributed by atoms with E-state index in [4.69, 9.17) is 0 Å². The number of imidazole rings is 1. The summed E-state index contributed by atoms with van der Waals surface area (Å²) in [6.45, 7) is 20.6. The van der Waals surface area contributed by atoms with Gasteiger partial charge in [-0.15, -0.1) is 0 Å². The molecule has 0 amide bonds. The Hall–Kier alpha value is -1.57. The minimum absolute atomic E-state index is 0.0963. The van der Waals surface area contributed by atoms with Crippen molar-refractivity contribution >= 4 is 0 Å². The summed E-state index contributed by atoms with van der Waals surface area (Å²) in [5.41, 5.74) is 4.54. The van der Waals surface area contributed by atoms with Gasteiger partial charge in [-0.3, -0.25) is 0 Å². The van der Waals surface area contributed by atoms with Gasteiger partial charge < -0.3 is 4.98 Å². The Kier molecular flexibility index (Phi) is 5.75. The number of nitrogens with zero attached hydrogens (tertiary/aromatic N) is 1. The Morgan fingerprint density at radius 1 is 0.885 bits per heavy atom. The summed E-state index contributed by atoms with van der Waals surface area (Å²) in [4.78, 5) is 8.11. The van der Waals surface area contributed by atoms with E-state index >= 15 is 0 Å². The molecule has 1 aromatic carbocycles. The molecule has 0 aliphatic rings. The highest BCUT2D eigenvalue weighted by Gasteiger charge is 2.29. The molecule has 2 nitrogen and oxygen atoms in total. The summed E-state index contributed by atoms with van der Waals surface area (Å²) in [5.74, 6) is 1.53. The number of nitrogens with one attached hydrogen (secondary N) is 1. The highest BCUT2D eigenvalue weighted by Crippen LogP contribution is 2.37. The van der Waals surface area contributed by atoms with Crippen LogP contribution in [-0.4, -0.2) is 9.97 Å². The zero-order chi connectivity index (χ0) is 19.8. The van der Waals surface area contributed by atoms with Gasteiger partial charge in [0.05, 0.1) is 0 Å². The number of hydrogen-bond donors (Lipinski definition) is 1. The molecule has 0 saturated heterocycles. The first kappa shape index (κ1) is 20.7. The van der Waals surface area contributed by atoms with Gasteiger partial charge in [-0.25, -0.2) is 4.98 Å². The van der Waals surface area contributed by atoms with Crippen LogP contribution in [0.4, 0.5) is 0 Å². The molecule has 0 spiro atoms. The molecule has 0 aliphatic carbocycles. The molecular formula is C24H38N2. The smallest absolute Gasteiger partial charge is 0.108 e. The van der Waals surface area contributed by atoms with Crippen molar-refractivity contribution in [2.45, 2.75) is 97.3 Å². The van der Waals surface area contributed by atoms with Gasteiger partial charge in [0.2, 0.25) is 0 Å². The number of benzene rings is 1. The number of H-pyrrole nitrogens is 1. The van der Waals surface area contributed by atoms with E-state index in [0.717, 1.165) is 18.7 Å². The molecule has 0 radical (unpaired) electrons. The SMILES string of the molecule is CC(C)c1ncc(C(C)(C)CCC(C)(C)c2cccc(C(C)(C)C)c2)[nH]1. The van der Waals surface area contributed by atoms with E-state index in [9.17, 15) is 0 Å². The lowest BCUT2D eigenvalue weighted by Crippen LogP contribution is -2.25. The molecule has 2 aromatic rings. The topological polar surface area (TPSA) is 28.7 Å². The third-order valence-corrected chi connectivity index (χ3v) is 5.76. The Morgan fingerprint density at radius 2 is 1.46 bits per heavy atom. The van der Waals surface area contributed by atoms with Gasteiger partial charge in [0, 0.05) is 23.2 Å². The predicted molar refractivity (Wildman–Crippen MR) is 113 cm³/mol. The van der Waals surface area contributed by atoms with Crippen LogP contribution in [0.2, 0.25) is 0 Å². The molecular weight excluding hydrogens is 316 g/mol. The van der Waals surface area contributed by atoms with Gasteiger partial charge in [0.15, 0.2) is 0 Å². The van der Waals surface area contributed by atoms with E-state index in [1.54, 1.807) is 0 Å². The van der Waals surface area contributed by atoms with Crippen LogP contribution in [-0.2, 0) is 16.2 Å². The monoisotopic (exact) mass is 354 g/mol. The molecule has 0 saturated carbocycles. The fraction of sp³-hybridized carbons (Fsp3) is 0.625. The van der Waals surface area contributed by atoms with Gasteiger partial charge in [0.1, 0.15) is 5.82 Å². The summed E-state index contributed by atoms with van der Waals surface area (Å²) in [6, 6.07) is 9.16. The molecule has 1 N–H and O–H groups in total. The fourth-order valence-electron chi connectivity index (χ4n) is 3.28. The van der Waals surface area contributed by atoms with Crippen molar-refractivity contribution in [3.8, 4) is 0 Å². The van der Waals surface area contributed by atoms with Crippen LogP contribution >= 0.6 is 0 Å². The highest BCUT2D eigenvalue weighted by atomic mass is 14.9.